The van der Waals surface area contributed by atoms with Gasteiger partial charge in [-0.25, -0.2) is 4.98 Å². The fourth-order valence-electron chi connectivity index (χ4n) is 2.47. The summed E-state index contributed by atoms with van der Waals surface area (Å²) in [6.07, 6.45) is 4.07. The van der Waals surface area contributed by atoms with Crippen molar-refractivity contribution >= 4 is 33.2 Å². The van der Waals surface area contributed by atoms with E-state index in [2.05, 4.69) is 50.5 Å². The minimum atomic E-state index is 0.534. The zero-order chi connectivity index (χ0) is 13.2. The first-order valence-corrected chi connectivity index (χ1v) is 7.51. The molecule has 0 bridgehead atoms. The van der Waals surface area contributed by atoms with Gasteiger partial charge in [-0.05, 0) is 48.6 Å². The molecule has 1 N–H and O–H groups in total. The van der Waals surface area contributed by atoms with Crippen LogP contribution in [0.5, 0.6) is 0 Å². The van der Waals surface area contributed by atoms with Gasteiger partial charge in [-0.3, -0.25) is 0 Å². The van der Waals surface area contributed by atoms with E-state index in [9.17, 15) is 0 Å². The molecule has 0 aliphatic heterocycles. The van der Waals surface area contributed by atoms with Gasteiger partial charge in [-0.15, -0.1) is 0 Å². The van der Waals surface area contributed by atoms with Gasteiger partial charge in [0.2, 0.25) is 0 Å². The lowest BCUT2D eigenvalue weighted by molar-refractivity contribution is 0.374. The van der Waals surface area contributed by atoms with Crippen molar-refractivity contribution in [2.75, 3.05) is 5.32 Å². The number of nitrogens with zero attached hydrogens (tertiary/aromatic N) is 1. The van der Waals surface area contributed by atoms with Crippen molar-refractivity contribution in [3.05, 3.63) is 57.8 Å². The SMILES string of the molecule is Clc1cc(NC2CC(c3ccc(Br)cc3)C2)ccn1. The fourth-order valence-corrected chi connectivity index (χ4v) is 2.91. The summed E-state index contributed by atoms with van der Waals surface area (Å²) in [7, 11) is 0. The number of benzene rings is 1. The van der Waals surface area contributed by atoms with E-state index in [-0.39, 0.29) is 0 Å². The number of nitrogens with one attached hydrogen (secondary N) is 1. The van der Waals surface area contributed by atoms with Crippen LogP contribution in [0.15, 0.2) is 47.1 Å². The highest BCUT2D eigenvalue weighted by molar-refractivity contribution is 9.10. The molecule has 1 aromatic heterocycles. The maximum atomic E-state index is 5.87. The van der Waals surface area contributed by atoms with E-state index in [1.165, 1.54) is 18.4 Å². The number of aromatic nitrogens is 1. The second kappa shape index (κ2) is 5.51. The molecule has 0 unspecified atom stereocenters. The number of pyridine rings is 1. The normalized spacial score (nSPS) is 21.8. The van der Waals surface area contributed by atoms with Gasteiger partial charge >= 0.3 is 0 Å². The van der Waals surface area contributed by atoms with Crippen molar-refractivity contribution in [3.8, 4) is 0 Å². The van der Waals surface area contributed by atoms with Crippen LogP contribution >= 0.6 is 27.5 Å². The molecule has 4 heteroatoms. The largest absolute Gasteiger partial charge is 0.382 e. The summed E-state index contributed by atoms with van der Waals surface area (Å²) in [5.41, 5.74) is 2.48. The molecular formula is C15H14BrClN2. The average Bonchev–Trinajstić information content (AvgIpc) is 2.35. The first kappa shape index (κ1) is 12.9. The van der Waals surface area contributed by atoms with Crippen molar-refractivity contribution < 1.29 is 0 Å². The molecule has 0 radical (unpaired) electrons. The summed E-state index contributed by atoms with van der Waals surface area (Å²) >= 11 is 9.34. The highest BCUT2D eigenvalue weighted by atomic mass is 79.9. The second-order valence-corrected chi connectivity index (χ2v) is 6.23. The van der Waals surface area contributed by atoms with Crippen LogP contribution in [0, 0.1) is 0 Å². The molecule has 1 aliphatic carbocycles. The molecule has 1 heterocycles. The minimum absolute atomic E-state index is 0.534. The lowest BCUT2D eigenvalue weighted by Crippen LogP contribution is -2.33. The zero-order valence-electron chi connectivity index (χ0n) is 10.3. The fraction of sp³-hybridized carbons (Fsp3) is 0.267. The maximum Gasteiger partial charge on any atom is 0.131 e. The smallest absolute Gasteiger partial charge is 0.131 e. The van der Waals surface area contributed by atoms with Gasteiger partial charge in [-0.1, -0.05) is 39.7 Å². The second-order valence-electron chi connectivity index (χ2n) is 4.93. The van der Waals surface area contributed by atoms with Crippen molar-refractivity contribution in [3.63, 3.8) is 0 Å². The van der Waals surface area contributed by atoms with Crippen LogP contribution in [0.2, 0.25) is 5.15 Å². The van der Waals surface area contributed by atoms with E-state index in [1.54, 1.807) is 6.20 Å². The Hall–Kier alpha value is -1.06. The molecular weight excluding hydrogens is 324 g/mol. The van der Waals surface area contributed by atoms with E-state index >= 15 is 0 Å². The quantitative estimate of drug-likeness (QED) is 0.809. The van der Waals surface area contributed by atoms with Crippen molar-refractivity contribution in [2.45, 2.75) is 24.8 Å². The molecule has 0 atom stereocenters. The lowest BCUT2D eigenvalue weighted by atomic mass is 9.76. The molecule has 0 saturated heterocycles. The minimum Gasteiger partial charge on any atom is -0.382 e. The van der Waals surface area contributed by atoms with Crippen LogP contribution in [0.1, 0.15) is 24.3 Å². The van der Waals surface area contributed by atoms with Gasteiger partial charge in [0.15, 0.2) is 0 Å². The predicted octanol–water partition coefficient (Wildman–Crippen LogP) is 4.86. The first-order valence-electron chi connectivity index (χ1n) is 6.34. The Morgan fingerprint density at radius 3 is 2.58 bits per heavy atom. The monoisotopic (exact) mass is 336 g/mol. The molecule has 3 rings (SSSR count). The van der Waals surface area contributed by atoms with E-state index in [0.29, 0.717) is 17.1 Å². The standard InChI is InChI=1S/C15H14BrClN2/c16-12-3-1-10(2-4-12)11-7-14(8-11)19-13-5-6-18-15(17)9-13/h1-6,9,11,14H,7-8H2,(H,18,19). The molecule has 0 amide bonds. The van der Waals surface area contributed by atoms with Gasteiger partial charge in [0.05, 0.1) is 0 Å². The van der Waals surface area contributed by atoms with E-state index in [1.807, 2.05) is 12.1 Å². The Labute approximate surface area is 126 Å². The van der Waals surface area contributed by atoms with E-state index in [0.717, 1.165) is 10.2 Å². The molecule has 2 aromatic rings. The lowest BCUT2D eigenvalue weighted by Gasteiger charge is -2.37. The Balaban J connectivity index is 1.57. The Morgan fingerprint density at radius 1 is 1.16 bits per heavy atom. The molecule has 19 heavy (non-hydrogen) atoms. The van der Waals surface area contributed by atoms with E-state index in [4.69, 9.17) is 11.6 Å². The van der Waals surface area contributed by atoms with Crippen molar-refractivity contribution in [1.82, 2.24) is 4.98 Å². The van der Waals surface area contributed by atoms with Crippen LogP contribution in [0.4, 0.5) is 5.69 Å². The molecule has 1 saturated carbocycles. The maximum absolute atomic E-state index is 5.87. The van der Waals surface area contributed by atoms with Gasteiger partial charge < -0.3 is 5.32 Å². The third-order valence-electron chi connectivity index (χ3n) is 3.58. The highest BCUT2D eigenvalue weighted by Gasteiger charge is 2.30. The van der Waals surface area contributed by atoms with Crippen molar-refractivity contribution in [1.29, 1.82) is 0 Å². The third-order valence-corrected chi connectivity index (χ3v) is 4.31. The topological polar surface area (TPSA) is 24.9 Å². The van der Waals surface area contributed by atoms with E-state index < -0.39 is 0 Å². The zero-order valence-corrected chi connectivity index (χ0v) is 12.7. The van der Waals surface area contributed by atoms with Crippen LogP contribution in [0.25, 0.3) is 0 Å². The van der Waals surface area contributed by atoms with Gasteiger partial charge in [0.1, 0.15) is 5.15 Å². The van der Waals surface area contributed by atoms with Crippen LogP contribution in [0.3, 0.4) is 0 Å². The summed E-state index contributed by atoms with van der Waals surface area (Å²) in [6, 6.07) is 13.0. The molecule has 98 valence electrons. The summed E-state index contributed by atoms with van der Waals surface area (Å²) in [5.74, 6) is 0.669. The first-order chi connectivity index (χ1) is 9.20. The Kier molecular flexibility index (Phi) is 3.76. The van der Waals surface area contributed by atoms with Crippen LogP contribution in [-0.4, -0.2) is 11.0 Å². The molecule has 1 fully saturated rings. The predicted molar refractivity (Wildman–Crippen MR) is 82.8 cm³/mol. The summed E-state index contributed by atoms with van der Waals surface area (Å²) in [5, 5.41) is 4.03. The van der Waals surface area contributed by atoms with Gasteiger partial charge in [0.25, 0.3) is 0 Å². The van der Waals surface area contributed by atoms with Gasteiger partial charge in [0, 0.05) is 22.4 Å². The van der Waals surface area contributed by atoms with Crippen molar-refractivity contribution in [2.24, 2.45) is 0 Å². The Bertz CT molecular complexity index is 565. The molecule has 1 aliphatic rings. The summed E-state index contributed by atoms with van der Waals surface area (Å²) in [6.45, 7) is 0. The molecule has 2 nitrogen and oxygen atoms in total. The van der Waals surface area contributed by atoms with Crippen LogP contribution in [-0.2, 0) is 0 Å². The summed E-state index contributed by atoms with van der Waals surface area (Å²) < 4.78 is 1.14. The number of halogens is 2. The number of rotatable bonds is 3. The number of hydrogen-bond acceptors (Lipinski definition) is 2. The average molecular weight is 338 g/mol. The molecule has 0 spiro atoms. The number of anilines is 1. The van der Waals surface area contributed by atoms with Gasteiger partial charge in [-0.2, -0.15) is 0 Å². The summed E-state index contributed by atoms with van der Waals surface area (Å²) in [4.78, 5) is 3.98. The number of hydrogen-bond donors (Lipinski definition) is 1. The third kappa shape index (κ3) is 3.10. The highest BCUT2D eigenvalue weighted by Crippen LogP contribution is 2.38. The van der Waals surface area contributed by atoms with Crippen LogP contribution < -0.4 is 5.32 Å². The Morgan fingerprint density at radius 2 is 1.89 bits per heavy atom. The molecule has 1 aromatic carbocycles.